The fraction of sp³-hybridized carbons (Fsp3) is 0.556. The lowest BCUT2D eigenvalue weighted by Gasteiger charge is -2.12. The van der Waals surface area contributed by atoms with Crippen LogP contribution in [0.3, 0.4) is 0 Å². The Hall–Kier alpha value is -1.56. The van der Waals surface area contributed by atoms with E-state index in [1.807, 2.05) is 6.92 Å². The SMILES string of the molecule is COc1cc(OC)nc(NC(C)CO)n1. The van der Waals surface area contributed by atoms with Crippen molar-refractivity contribution in [2.24, 2.45) is 0 Å². The number of methoxy groups -OCH3 is 2. The van der Waals surface area contributed by atoms with Gasteiger partial charge in [0.2, 0.25) is 17.7 Å². The van der Waals surface area contributed by atoms with Crippen LogP contribution in [0.5, 0.6) is 11.8 Å². The normalized spacial score (nSPS) is 12.0. The van der Waals surface area contributed by atoms with Gasteiger partial charge in [0.25, 0.3) is 0 Å². The van der Waals surface area contributed by atoms with Crippen molar-refractivity contribution in [1.29, 1.82) is 0 Å². The predicted octanol–water partition coefficient (Wildman–Crippen LogP) is 0.286. The quantitative estimate of drug-likeness (QED) is 0.732. The molecule has 1 unspecified atom stereocenters. The second kappa shape index (κ2) is 5.35. The second-order valence-electron chi connectivity index (χ2n) is 3.00. The van der Waals surface area contributed by atoms with Gasteiger partial charge in [-0.1, -0.05) is 0 Å². The summed E-state index contributed by atoms with van der Waals surface area (Å²) < 4.78 is 9.96. The van der Waals surface area contributed by atoms with Gasteiger partial charge in [-0.3, -0.25) is 0 Å². The van der Waals surface area contributed by atoms with Crippen molar-refractivity contribution in [1.82, 2.24) is 9.97 Å². The van der Waals surface area contributed by atoms with Crippen LogP contribution in [-0.2, 0) is 0 Å². The summed E-state index contributed by atoms with van der Waals surface area (Å²) in [5.41, 5.74) is 0. The van der Waals surface area contributed by atoms with Crippen molar-refractivity contribution in [3.63, 3.8) is 0 Å². The van der Waals surface area contributed by atoms with Crippen LogP contribution in [0, 0.1) is 0 Å². The van der Waals surface area contributed by atoms with Gasteiger partial charge in [-0.15, -0.1) is 0 Å². The summed E-state index contributed by atoms with van der Waals surface area (Å²) in [6.45, 7) is 1.82. The first kappa shape index (κ1) is 11.5. The van der Waals surface area contributed by atoms with Gasteiger partial charge in [-0.2, -0.15) is 9.97 Å². The summed E-state index contributed by atoms with van der Waals surface area (Å²) in [7, 11) is 3.03. The fourth-order valence-electron chi connectivity index (χ4n) is 0.944. The third-order valence-electron chi connectivity index (χ3n) is 1.75. The van der Waals surface area contributed by atoms with E-state index in [4.69, 9.17) is 14.6 Å². The van der Waals surface area contributed by atoms with Crippen LogP contribution < -0.4 is 14.8 Å². The van der Waals surface area contributed by atoms with Crippen molar-refractivity contribution < 1.29 is 14.6 Å². The molecule has 0 amide bonds. The highest BCUT2D eigenvalue weighted by Crippen LogP contribution is 2.17. The molecule has 0 aromatic carbocycles. The molecular formula is C9H15N3O3. The van der Waals surface area contributed by atoms with Gasteiger partial charge in [0.15, 0.2) is 0 Å². The van der Waals surface area contributed by atoms with Crippen LogP contribution in [0.4, 0.5) is 5.95 Å². The molecule has 1 aromatic heterocycles. The fourth-order valence-corrected chi connectivity index (χ4v) is 0.944. The molecule has 15 heavy (non-hydrogen) atoms. The zero-order chi connectivity index (χ0) is 11.3. The molecule has 0 aliphatic rings. The molecule has 2 N–H and O–H groups in total. The zero-order valence-corrected chi connectivity index (χ0v) is 9.02. The van der Waals surface area contributed by atoms with E-state index in [-0.39, 0.29) is 12.6 Å². The molecule has 6 heteroatoms. The van der Waals surface area contributed by atoms with Crippen molar-refractivity contribution in [2.75, 3.05) is 26.1 Å². The van der Waals surface area contributed by atoms with Crippen molar-refractivity contribution >= 4 is 5.95 Å². The number of nitrogens with one attached hydrogen (secondary N) is 1. The van der Waals surface area contributed by atoms with Gasteiger partial charge >= 0.3 is 0 Å². The Morgan fingerprint density at radius 1 is 1.33 bits per heavy atom. The molecule has 0 saturated heterocycles. The molecule has 84 valence electrons. The largest absolute Gasteiger partial charge is 0.481 e. The summed E-state index contributed by atoms with van der Waals surface area (Å²) in [6.07, 6.45) is 0. The smallest absolute Gasteiger partial charge is 0.229 e. The minimum Gasteiger partial charge on any atom is -0.481 e. The lowest BCUT2D eigenvalue weighted by Crippen LogP contribution is -2.21. The number of ether oxygens (including phenoxy) is 2. The highest BCUT2D eigenvalue weighted by Gasteiger charge is 2.07. The van der Waals surface area contributed by atoms with E-state index in [1.54, 1.807) is 6.07 Å². The molecule has 0 aliphatic heterocycles. The predicted molar refractivity (Wildman–Crippen MR) is 55.3 cm³/mol. The standard InChI is InChI=1S/C9H15N3O3/c1-6(5-13)10-9-11-7(14-2)4-8(12-9)15-3/h4,6,13H,5H2,1-3H3,(H,10,11,12). The first-order chi connectivity index (χ1) is 7.19. The van der Waals surface area contributed by atoms with Gasteiger partial charge in [0, 0.05) is 6.04 Å². The third kappa shape index (κ3) is 3.25. The molecule has 1 heterocycles. The molecule has 0 saturated carbocycles. The number of hydrogen-bond acceptors (Lipinski definition) is 6. The molecule has 1 atom stereocenters. The monoisotopic (exact) mass is 213 g/mol. The Morgan fingerprint density at radius 2 is 1.87 bits per heavy atom. The summed E-state index contributed by atoms with van der Waals surface area (Å²) in [6, 6.07) is 1.45. The Labute approximate surface area is 88.3 Å². The Bertz CT molecular complexity index is 297. The average Bonchev–Trinajstić information content (AvgIpc) is 2.28. The van der Waals surface area contributed by atoms with E-state index in [0.29, 0.717) is 17.7 Å². The van der Waals surface area contributed by atoms with Crippen LogP contribution >= 0.6 is 0 Å². The maximum Gasteiger partial charge on any atom is 0.229 e. The maximum absolute atomic E-state index is 8.87. The Morgan fingerprint density at radius 3 is 2.27 bits per heavy atom. The number of aliphatic hydroxyl groups excluding tert-OH is 1. The second-order valence-corrected chi connectivity index (χ2v) is 3.00. The summed E-state index contributed by atoms with van der Waals surface area (Å²) in [4.78, 5) is 8.10. The highest BCUT2D eigenvalue weighted by atomic mass is 16.5. The van der Waals surface area contributed by atoms with Crippen molar-refractivity contribution in [3.8, 4) is 11.8 Å². The number of hydrogen-bond donors (Lipinski definition) is 2. The van der Waals surface area contributed by atoms with Gasteiger partial charge in [-0.05, 0) is 6.92 Å². The van der Waals surface area contributed by atoms with Crippen LogP contribution in [0.1, 0.15) is 6.92 Å². The number of anilines is 1. The van der Waals surface area contributed by atoms with Gasteiger partial charge in [0.1, 0.15) is 0 Å². The summed E-state index contributed by atoms with van der Waals surface area (Å²) >= 11 is 0. The minimum absolute atomic E-state index is 0.00286. The average molecular weight is 213 g/mol. The van der Waals surface area contributed by atoms with Gasteiger partial charge in [0.05, 0.1) is 26.9 Å². The number of aliphatic hydroxyl groups is 1. The number of rotatable bonds is 5. The van der Waals surface area contributed by atoms with Crippen LogP contribution in [-0.4, -0.2) is 41.9 Å². The summed E-state index contributed by atoms with van der Waals surface area (Å²) in [5, 5.41) is 11.8. The molecule has 0 fully saturated rings. The first-order valence-electron chi connectivity index (χ1n) is 4.54. The van der Waals surface area contributed by atoms with E-state index in [2.05, 4.69) is 15.3 Å². The van der Waals surface area contributed by atoms with Crippen LogP contribution in [0.15, 0.2) is 6.07 Å². The summed E-state index contributed by atoms with van der Waals surface area (Å²) in [5.74, 6) is 1.19. The molecule has 0 bridgehead atoms. The van der Waals surface area contributed by atoms with Crippen molar-refractivity contribution in [2.45, 2.75) is 13.0 Å². The number of aromatic nitrogens is 2. The maximum atomic E-state index is 8.87. The van der Waals surface area contributed by atoms with E-state index < -0.39 is 0 Å². The van der Waals surface area contributed by atoms with E-state index in [0.717, 1.165) is 0 Å². The molecule has 1 rings (SSSR count). The molecule has 0 radical (unpaired) electrons. The Kier molecular flexibility index (Phi) is 4.11. The Balaban J connectivity index is 2.86. The molecule has 0 aliphatic carbocycles. The number of nitrogens with zero attached hydrogens (tertiary/aromatic N) is 2. The van der Waals surface area contributed by atoms with Gasteiger partial charge < -0.3 is 19.9 Å². The minimum atomic E-state index is -0.123. The molecule has 6 nitrogen and oxygen atoms in total. The topological polar surface area (TPSA) is 76.5 Å². The van der Waals surface area contributed by atoms with Gasteiger partial charge in [-0.25, -0.2) is 0 Å². The van der Waals surface area contributed by atoms with Crippen molar-refractivity contribution in [3.05, 3.63) is 6.07 Å². The van der Waals surface area contributed by atoms with E-state index >= 15 is 0 Å². The van der Waals surface area contributed by atoms with E-state index in [1.165, 1.54) is 14.2 Å². The van der Waals surface area contributed by atoms with Crippen LogP contribution in [0.2, 0.25) is 0 Å². The molecule has 0 spiro atoms. The zero-order valence-electron chi connectivity index (χ0n) is 9.02. The highest BCUT2D eigenvalue weighted by molar-refractivity contribution is 5.34. The first-order valence-corrected chi connectivity index (χ1v) is 4.54. The lowest BCUT2D eigenvalue weighted by molar-refractivity contribution is 0.280. The molecular weight excluding hydrogens is 198 g/mol. The molecule has 1 aromatic rings. The third-order valence-corrected chi connectivity index (χ3v) is 1.75. The van der Waals surface area contributed by atoms with Crippen LogP contribution in [0.25, 0.3) is 0 Å². The lowest BCUT2D eigenvalue weighted by atomic mass is 10.4. The van der Waals surface area contributed by atoms with E-state index in [9.17, 15) is 0 Å².